The minimum absolute atomic E-state index is 0.115. The average molecular weight is 330 g/mol. The van der Waals surface area contributed by atoms with Gasteiger partial charge in [-0.3, -0.25) is 4.79 Å². The second-order valence-corrected chi connectivity index (χ2v) is 5.89. The molecule has 0 bridgehead atoms. The molecule has 0 aliphatic carbocycles. The molecule has 1 aliphatic rings. The number of benzene rings is 1. The zero-order chi connectivity index (χ0) is 17.0. The Morgan fingerprint density at radius 2 is 2.13 bits per heavy atom. The summed E-state index contributed by atoms with van der Waals surface area (Å²) in [4.78, 5) is 14.1. The Hall–Kier alpha value is -1.60. The molecule has 4 nitrogen and oxygen atoms in total. The van der Waals surface area contributed by atoms with Crippen molar-refractivity contribution in [1.29, 1.82) is 0 Å². The fourth-order valence-electron chi connectivity index (χ4n) is 2.63. The van der Waals surface area contributed by atoms with E-state index in [1.165, 1.54) is 12.1 Å². The molecule has 1 aliphatic heterocycles. The van der Waals surface area contributed by atoms with Crippen LogP contribution in [0.4, 0.5) is 13.2 Å². The lowest BCUT2D eigenvalue weighted by atomic mass is 10.0. The van der Waals surface area contributed by atoms with E-state index in [1.807, 2.05) is 11.9 Å². The maximum Gasteiger partial charge on any atom is 0.416 e. The first kappa shape index (κ1) is 17.7. The fourth-order valence-corrected chi connectivity index (χ4v) is 2.63. The summed E-state index contributed by atoms with van der Waals surface area (Å²) in [5.41, 5.74) is -0.482. The van der Waals surface area contributed by atoms with Gasteiger partial charge in [0.2, 0.25) is 0 Å². The highest BCUT2D eigenvalue weighted by Gasteiger charge is 2.33. The highest BCUT2D eigenvalue weighted by atomic mass is 19.4. The Morgan fingerprint density at radius 1 is 1.43 bits per heavy atom. The number of carbonyl (C=O) groups excluding carboxylic acids is 1. The highest BCUT2D eigenvalue weighted by molar-refractivity contribution is 5.81. The van der Waals surface area contributed by atoms with Crippen LogP contribution < -0.4 is 5.32 Å². The quantitative estimate of drug-likeness (QED) is 0.919. The molecule has 1 N–H and O–H groups in total. The van der Waals surface area contributed by atoms with Crippen LogP contribution in [0.3, 0.4) is 0 Å². The van der Waals surface area contributed by atoms with Crippen LogP contribution in [0.5, 0.6) is 0 Å². The van der Waals surface area contributed by atoms with E-state index >= 15 is 0 Å². The van der Waals surface area contributed by atoms with Crippen molar-refractivity contribution in [3.8, 4) is 0 Å². The van der Waals surface area contributed by atoms with E-state index in [-0.39, 0.29) is 17.9 Å². The number of amides is 1. The molecule has 23 heavy (non-hydrogen) atoms. The molecule has 7 heteroatoms. The molecular weight excluding hydrogens is 309 g/mol. The molecule has 1 saturated heterocycles. The van der Waals surface area contributed by atoms with E-state index in [4.69, 9.17) is 4.74 Å². The standard InChI is InChI=1S/C16H21F3N2O2/c1-11(20-15(22)14-10-21(2)7-8-23-14)9-12-5-3-4-6-13(12)16(17,18)19/h3-6,11,14H,7-10H2,1-2H3,(H,20,22)/t11-,14+/m0/s1. The van der Waals surface area contributed by atoms with Gasteiger partial charge in [-0.25, -0.2) is 0 Å². The van der Waals surface area contributed by atoms with Crippen molar-refractivity contribution in [3.63, 3.8) is 0 Å². The molecule has 2 atom stereocenters. The summed E-state index contributed by atoms with van der Waals surface area (Å²) in [6.45, 7) is 3.41. The van der Waals surface area contributed by atoms with E-state index in [1.54, 1.807) is 13.0 Å². The van der Waals surface area contributed by atoms with Crippen molar-refractivity contribution >= 4 is 5.91 Å². The van der Waals surface area contributed by atoms with Crippen molar-refractivity contribution < 1.29 is 22.7 Å². The summed E-state index contributed by atoms with van der Waals surface area (Å²) in [6.07, 6.45) is -4.85. The number of carbonyl (C=O) groups is 1. The van der Waals surface area contributed by atoms with Crippen molar-refractivity contribution in [2.45, 2.75) is 31.7 Å². The molecule has 0 saturated carbocycles. The monoisotopic (exact) mass is 330 g/mol. The first-order chi connectivity index (χ1) is 10.8. The van der Waals surface area contributed by atoms with Gasteiger partial charge in [0.25, 0.3) is 5.91 Å². The molecule has 1 amide bonds. The van der Waals surface area contributed by atoms with Crippen molar-refractivity contribution in [2.24, 2.45) is 0 Å². The number of nitrogens with zero attached hydrogens (tertiary/aromatic N) is 1. The molecule has 1 heterocycles. The maximum absolute atomic E-state index is 13.0. The number of hydrogen-bond donors (Lipinski definition) is 1. The predicted molar refractivity (Wildman–Crippen MR) is 80.0 cm³/mol. The molecule has 0 spiro atoms. The molecule has 1 aromatic rings. The number of rotatable bonds is 4. The van der Waals surface area contributed by atoms with Crippen LogP contribution in [0.15, 0.2) is 24.3 Å². The third-order valence-electron chi connectivity index (χ3n) is 3.80. The van der Waals surface area contributed by atoms with Crippen LogP contribution in [0.2, 0.25) is 0 Å². The Kier molecular flexibility index (Phi) is 5.64. The average Bonchev–Trinajstić information content (AvgIpc) is 2.46. The molecule has 128 valence electrons. The number of morpholine rings is 1. The molecule has 1 fully saturated rings. The van der Waals surface area contributed by atoms with Gasteiger partial charge in [0.05, 0.1) is 12.2 Å². The SMILES string of the molecule is C[C@@H](Cc1ccccc1C(F)(F)F)NC(=O)[C@H]1CN(C)CCO1. The van der Waals surface area contributed by atoms with Crippen LogP contribution >= 0.6 is 0 Å². The number of hydrogen-bond acceptors (Lipinski definition) is 3. The van der Waals surface area contributed by atoms with E-state index < -0.39 is 23.9 Å². The Labute approximate surface area is 133 Å². The van der Waals surface area contributed by atoms with Gasteiger partial charge in [0, 0.05) is 19.1 Å². The third kappa shape index (κ3) is 4.94. The van der Waals surface area contributed by atoms with E-state index in [0.29, 0.717) is 13.2 Å². The number of ether oxygens (including phenoxy) is 1. The summed E-state index contributed by atoms with van der Waals surface area (Å²) in [7, 11) is 1.89. The van der Waals surface area contributed by atoms with Crippen molar-refractivity contribution in [1.82, 2.24) is 10.2 Å². The second-order valence-electron chi connectivity index (χ2n) is 5.89. The molecule has 0 unspecified atom stereocenters. The second kappa shape index (κ2) is 7.31. The lowest BCUT2D eigenvalue weighted by Gasteiger charge is -2.30. The summed E-state index contributed by atoms with van der Waals surface area (Å²) in [5.74, 6) is -0.284. The van der Waals surface area contributed by atoms with Crippen LogP contribution in [0.1, 0.15) is 18.1 Å². The van der Waals surface area contributed by atoms with Crippen LogP contribution in [0, 0.1) is 0 Å². The highest BCUT2D eigenvalue weighted by Crippen LogP contribution is 2.32. The first-order valence-electron chi connectivity index (χ1n) is 7.53. The van der Waals surface area contributed by atoms with Gasteiger partial charge in [-0.2, -0.15) is 13.2 Å². The largest absolute Gasteiger partial charge is 0.416 e. The van der Waals surface area contributed by atoms with Gasteiger partial charge in [-0.05, 0) is 32.0 Å². The first-order valence-corrected chi connectivity index (χ1v) is 7.53. The van der Waals surface area contributed by atoms with Gasteiger partial charge < -0.3 is 15.0 Å². The molecule has 0 radical (unpaired) electrons. The van der Waals surface area contributed by atoms with Gasteiger partial charge in [-0.15, -0.1) is 0 Å². The lowest BCUT2D eigenvalue weighted by molar-refractivity contribution is -0.138. The molecule has 1 aromatic carbocycles. The zero-order valence-electron chi connectivity index (χ0n) is 13.2. The normalized spacial score (nSPS) is 21.0. The van der Waals surface area contributed by atoms with Gasteiger partial charge in [0.15, 0.2) is 0 Å². The minimum Gasteiger partial charge on any atom is -0.366 e. The number of alkyl halides is 3. The summed E-state index contributed by atoms with van der Waals surface area (Å²) in [6, 6.07) is 5.01. The van der Waals surface area contributed by atoms with E-state index in [0.717, 1.165) is 12.6 Å². The van der Waals surface area contributed by atoms with Crippen molar-refractivity contribution in [2.75, 3.05) is 26.7 Å². The van der Waals surface area contributed by atoms with Crippen LogP contribution in [-0.4, -0.2) is 49.7 Å². The topological polar surface area (TPSA) is 41.6 Å². The smallest absolute Gasteiger partial charge is 0.366 e. The number of halogens is 3. The van der Waals surface area contributed by atoms with Crippen LogP contribution in [0.25, 0.3) is 0 Å². The third-order valence-corrected chi connectivity index (χ3v) is 3.80. The van der Waals surface area contributed by atoms with Crippen LogP contribution in [-0.2, 0) is 22.1 Å². The maximum atomic E-state index is 13.0. The van der Waals surface area contributed by atoms with Crippen molar-refractivity contribution in [3.05, 3.63) is 35.4 Å². The molecular formula is C16H21F3N2O2. The summed E-state index contributed by atoms with van der Waals surface area (Å²) < 4.78 is 44.4. The van der Waals surface area contributed by atoms with Gasteiger partial charge >= 0.3 is 6.18 Å². The Balaban J connectivity index is 1.97. The zero-order valence-corrected chi connectivity index (χ0v) is 13.2. The minimum atomic E-state index is -4.39. The van der Waals surface area contributed by atoms with Gasteiger partial charge in [0.1, 0.15) is 6.10 Å². The molecule has 2 rings (SSSR count). The number of likely N-dealkylation sites (N-methyl/N-ethyl adjacent to an activating group) is 1. The fraction of sp³-hybridized carbons (Fsp3) is 0.562. The summed E-state index contributed by atoms with van der Waals surface area (Å²) in [5, 5.41) is 2.74. The predicted octanol–water partition coefficient (Wildman–Crippen LogP) is 2.08. The van der Waals surface area contributed by atoms with E-state index in [2.05, 4.69) is 5.32 Å². The summed E-state index contributed by atoms with van der Waals surface area (Å²) >= 11 is 0. The number of nitrogens with one attached hydrogen (secondary N) is 1. The Bertz CT molecular complexity index is 548. The molecule has 0 aromatic heterocycles. The van der Waals surface area contributed by atoms with E-state index in [9.17, 15) is 18.0 Å². The Morgan fingerprint density at radius 3 is 2.78 bits per heavy atom. The lowest BCUT2D eigenvalue weighted by Crippen LogP contribution is -2.50. The van der Waals surface area contributed by atoms with Gasteiger partial charge in [-0.1, -0.05) is 18.2 Å².